The molecule has 2 rings (SSSR count). The number of amides is 2. The zero-order valence-corrected chi connectivity index (χ0v) is 13.3. The van der Waals surface area contributed by atoms with Crippen LogP contribution in [0.25, 0.3) is 0 Å². The standard InChI is InChI=1S/C18H21N3O3/c19-16(17(22)24-13-15-9-5-2-6-10-15)12-21-18(23)20-11-14-7-3-1-4-8-14/h1-10,16H,11-13,19H2,(H2,20,21,23)/t16-/m0/s1. The summed E-state index contributed by atoms with van der Waals surface area (Å²) in [5.41, 5.74) is 7.59. The van der Waals surface area contributed by atoms with E-state index in [1.807, 2.05) is 60.7 Å². The van der Waals surface area contributed by atoms with Crippen LogP contribution in [0, 0.1) is 0 Å². The van der Waals surface area contributed by atoms with Crippen LogP contribution in [0.15, 0.2) is 60.7 Å². The molecule has 0 aliphatic carbocycles. The van der Waals surface area contributed by atoms with Gasteiger partial charge in [-0.15, -0.1) is 0 Å². The Morgan fingerprint density at radius 2 is 1.50 bits per heavy atom. The number of hydrogen-bond donors (Lipinski definition) is 3. The lowest BCUT2D eigenvalue weighted by molar-refractivity contribution is -0.146. The van der Waals surface area contributed by atoms with Gasteiger partial charge in [-0.1, -0.05) is 60.7 Å². The summed E-state index contributed by atoms with van der Waals surface area (Å²) < 4.78 is 5.12. The van der Waals surface area contributed by atoms with Gasteiger partial charge in [0.1, 0.15) is 12.6 Å². The predicted octanol–water partition coefficient (Wildman–Crippen LogP) is 1.56. The maximum atomic E-state index is 11.8. The Bertz CT molecular complexity index is 647. The Morgan fingerprint density at radius 1 is 0.917 bits per heavy atom. The third-order valence-electron chi connectivity index (χ3n) is 3.31. The van der Waals surface area contributed by atoms with Gasteiger partial charge in [-0.2, -0.15) is 0 Å². The van der Waals surface area contributed by atoms with E-state index in [-0.39, 0.29) is 19.2 Å². The molecule has 0 aromatic heterocycles. The molecule has 6 heteroatoms. The molecule has 6 nitrogen and oxygen atoms in total. The molecule has 0 fully saturated rings. The van der Waals surface area contributed by atoms with Gasteiger partial charge < -0.3 is 21.1 Å². The fraction of sp³-hybridized carbons (Fsp3) is 0.222. The van der Waals surface area contributed by atoms with Crippen molar-refractivity contribution in [1.29, 1.82) is 0 Å². The smallest absolute Gasteiger partial charge is 0.325 e. The molecule has 24 heavy (non-hydrogen) atoms. The second-order valence-electron chi connectivity index (χ2n) is 5.25. The first-order valence-electron chi connectivity index (χ1n) is 7.67. The molecule has 0 unspecified atom stereocenters. The van der Waals surface area contributed by atoms with Gasteiger partial charge in [0.05, 0.1) is 0 Å². The van der Waals surface area contributed by atoms with Crippen molar-refractivity contribution < 1.29 is 14.3 Å². The molecule has 1 atom stereocenters. The fourth-order valence-corrected chi connectivity index (χ4v) is 1.96. The molecule has 126 valence electrons. The Hall–Kier alpha value is -2.86. The largest absolute Gasteiger partial charge is 0.460 e. The summed E-state index contributed by atoms with van der Waals surface area (Å²) in [5, 5.41) is 5.25. The number of carbonyl (C=O) groups is 2. The van der Waals surface area contributed by atoms with Crippen molar-refractivity contribution in [2.24, 2.45) is 5.73 Å². The number of nitrogens with two attached hydrogens (primary N) is 1. The van der Waals surface area contributed by atoms with Gasteiger partial charge in [0, 0.05) is 13.1 Å². The minimum Gasteiger partial charge on any atom is -0.460 e. The first-order chi connectivity index (χ1) is 11.6. The van der Waals surface area contributed by atoms with Crippen LogP contribution in [0.2, 0.25) is 0 Å². The number of nitrogens with one attached hydrogen (secondary N) is 2. The summed E-state index contributed by atoms with van der Waals surface area (Å²) in [6, 6.07) is 17.5. The molecule has 0 spiro atoms. The quantitative estimate of drug-likeness (QED) is 0.673. The maximum absolute atomic E-state index is 11.8. The second kappa shape index (κ2) is 9.32. The lowest BCUT2D eigenvalue weighted by Gasteiger charge is -2.13. The van der Waals surface area contributed by atoms with E-state index in [2.05, 4.69) is 10.6 Å². The third kappa shape index (κ3) is 6.10. The zero-order valence-electron chi connectivity index (χ0n) is 13.3. The summed E-state index contributed by atoms with van der Waals surface area (Å²) in [6.07, 6.45) is 0. The molecule has 0 heterocycles. The summed E-state index contributed by atoms with van der Waals surface area (Å²) in [5.74, 6) is -0.554. The molecule has 0 saturated heterocycles. The number of rotatable bonds is 7. The molecule has 0 saturated carbocycles. The molecule has 0 aliphatic heterocycles. The molecule has 2 aromatic carbocycles. The van der Waals surface area contributed by atoms with Crippen molar-refractivity contribution in [1.82, 2.24) is 10.6 Å². The Balaban J connectivity index is 1.65. The third-order valence-corrected chi connectivity index (χ3v) is 3.31. The normalized spacial score (nSPS) is 11.4. The Morgan fingerprint density at radius 3 is 2.12 bits per heavy atom. The van der Waals surface area contributed by atoms with E-state index in [1.54, 1.807) is 0 Å². The average molecular weight is 327 g/mol. The van der Waals surface area contributed by atoms with Crippen molar-refractivity contribution in [2.45, 2.75) is 19.2 Å². The number of benzene rings is 2. The van der Waals surface area contributed by atoms with Gasteiger partial charge >= 0.3 is 12.0 Å². The molecule has 0 radical (unpaired) electrons. The van der Waals surface area contributed by atoms with E-state index in [0.29, 0.717) is 6.54 Å². The van der Waals surface area contributed by atoms with Crippen LogP contribution in [0.4, 0.5) is 4.79 Å². The molecule has 2 aromatic rings. The first kappa shape index (κ1) is 17.5. The number of ether oxygens (including phenoxy) is 1. The number of hydrogen-bond acceptors (Lipinski definition) is 4. The van der Waals surface area contributed by atoms with Crippen molar-refractivity contribution in [2.75, 3.05) is 6.54 Å². The van der Waals surface area contributed by atoms with Crippen LogP contribution in [0.5, 0.6) is 0 Å². The summed E-state index contributed by atoms with van der Waals surface area (Å²) in [4.78, 5) is 23.5. The molecular weight excluding hydrogens is 306 g/mol. The van der Waals surface area contributed by atoms with E-state index in [9.17, 15) is 9.59 Å². The highest BCUT2D eigenvalue weighted by molar-refractivity contribution is 5.78. The number of urea groups is 1. The van der Waals surface area contributed by atoms with Crippen LogP contribution >= 0.6 is 0 Å². The van der Waals surface area contributed by atoms with Crippen LogP contribution in [0.3, 0.4) is 0 Å². The highest BCUT2D eigenvalue weighted by Gasteiger charge is 2.16. The van der Waals surface area contributed by atoms with E-state index in [0.717, 1.165) is 11.1 Å². The van der Waals surface area contributed by atoms with Crippen LogP contribution in [-0.2, 0) is 22.7 Å². The summed E-state index contributed by atoms with van der Waals surface area (Å²) in [7, 11) is 0. The van der Waals surface area contributed by atoms with Crippen LogP contribution in [-0.4, -0.2) is 24.6 Å². The molecule has 2 amide bonds. The van der Waals surface area contributed by atoms with Gasteiger partial charge in [0.15, 0.2) is 0 Å². The van der Waals surface area contributed by atoms with Crippen molar-refractivity contribution in [3.8, 4) is 0 Å². The summed E-state index contributed by atoms with van der Waals surface area (Å²) >= 11 is 0. The monoisotopic (exact) mass is 327 g/mol. The van der Waals surface area contributed by atoms with Crippen LogP contribution in [0.1, 0.15) is 11.1 Å². The topological polar surface area (TPSA) is 93.5 Å². The number of carbonyl (C=O) groups excluding carboxylic acids is 2. The SMILES string of the molecule is N[C@@H](CNC(=O)NCc1ccccc1)C(=O)OCc1ccccc1. The molecule has 4 N–H and O–H groups in total. The molecular formula is C18H21N3O3. The van der Waals surface area contributed by atoms with Gasteiger partial charge in [-0.05, 0) is 11.1 Å². The van der Waals surface area contributed by atoms with Gasteiger partial charge in [-0.25, -0.2) is 4.79 Å². The van der Waals surface area contributed by atoms with E-state index < -0.39 is 12.0 Å². The van der Waals surface area contributed by atoms with E-state index in [1.165, 1.54) is 0 Å². The van der Waals surface area contributed by atoms with Crippen molar-refractivity contribution in [3.05, 3.63) is 71.8 Å². The molecule has 0 bridgehead atoms. The van der Waals surface area contributed by atoms with Gasteiger partial charge in [0.2, 0.25) is 0 Å². The highest BCUT2D eigenvalue weighted by atomic mass is 16.5. The minimum atomic E-state index is -0.906. The minimum absolute atomic E-state index is 0.00818. The Kier molecular flexibility index (Phi) is 6.79. The average Bonchev–Trinajstić information content (AvgIpc) is 2.64. The first-order valence-corrected chi connectivity index (χ1v) is 7.67. The van der Waals surface area contributed by atoms with Crippen molar-refractivity contribution >= 4 is 12.0 Å². The molecule has 0 aliphatic rings. The summed E-state index contributed by atoms with van der Waals surface area (Å²) in [6.45, 7) is 0.572. The fourth-order valence-electron chi connectivity index (χ4n) is 1.96. The van der Waals surface area contributed by atoms with E-state index in [4.69, 9.17) is 10.5 Å². The maximum Gasteiger partial charge on any atom is 0.325 e. The lowest BCUT2D eigenvalue weighted by atomic mass is 10.2. The van der Waals surface area contributed by atoms with Gasteiger partial charge in [0.25, 0.3) is 0 Å². The highest BCUT2D eigenvalue weighted by Crippen LogP contribution is 2.01. The number of esters is 1. The second-order valence-corrected chi connectivity index (χ2v) is 5.25. The van der Waals surface area contributed by atoms with Gasteiger partial charge in [-0.3, -0.25) is 4.79 Å². The predicted molar refractivity (Wildman–Crippen MR) is 90.9 cm³/mol. The zero-order chi connectivity index (χ0) is 17.2. The Labute approximate surface area is 141 Å². The lowest BCUT2D eigenvalue weighted by Crippen LogP contribution is -2.46. The van der Waals surface area contributed by atoms with Crippen LogP contribution < -0.4 is 16.4 Å². The van der Waals surface area contributed by atoms with Crippen molar-refractivity contribution in [3.63, 3.8) is 0 Å². The van der Waals surface area contributed by atoms with E-state index >= 15 is 0 Å².